The van der Waals surface area contributed by atoms with Crippen molar-refractivity contribution in [3.63, 3.8) is 0 Å². The summed E-state index contributed by atoms with van der Waals surface area (Å²) in [6, 6.07) is 0. The van der Waals surface area contributed by atoms with E-state index in [-0.39, 0.29) is 5.57 Å². The maximum Gasteiger partial charge on any atom is 0.543 e. The molecule has 0 bridgehead atoms. The van der Waals surface area contributed by atoms with Crippen molar-refractivity contribution < 1.29 is 32.7 Å². The predicted octanol–water partition coefficient (Wildman–Crippen LogP) is 1.95. The van der Waals surface area contributed by atoms with Gasteiger partial charge in [0.15, 0.2) is 5.73 Å². The molecule has 0 aromatic heterocycles. The number of aliphatic carboxylic acids is 1. The molecule has 0 fully saturated rings. The number of rotatable bonds is 8. The Labute approximate surface area is 132 Å². The zero-order valence-electron chi connectivity index (χ0n) is 14.1. The third kappa shape index (κ3) is 7.50. The second-order valence-electron chi connectivity index (χ2n) is 4.38. The van der Waals surface area contributed by atoms with E-state index in [1.165, 1.54) is 28.3 Å². The topological polar surface area (TPSA) is 91.3 Å². The molecule has 0 aromatic carbocycles. The molecule has 0 saturated heterocycles. The summed E-state index contributed by atoms with van der Waals surface area (Å²) in [6.45, 7) is 11.6. The SMILES string of the molecule is C=C(C)C(=O)O.C=C(C)C(=O)OC(CC)[Si](OC)(OC)OC. The van der Waals surface area contributed by atoms with Crippen LogP contribution in [0.5, 0.6) is 0 Å². The highest BCUT2D eigenvalue weighted by molar-refractivity contribution is 6.62. The number of carboxylic acid groups (broad SMARTS) is 1. The van der Waals surface area contributed by atoms with Gasteiger partial charge < -0.3 is 23.1 Å². The van der Waals surface area contributed by atoms with Crippen LogP contribution in [-0.2, 0) is 27.6 Å². The van der Waals surface area contributed by atoms with Gasteiger partial charge >= 0.3 is 20.7 Å². The van der Waals surface area contributed by atoms with E-state index in [0.29, 0.717) is 12.0 Å². The number of esters is 1. The molecule has 8 heteroatoms. The molecule has 128 valence electrons. The second kappa shape index (κ2) is 11.1. The van der Waals surface area contributed by atoms with Crippen molar-refractivity contribution in [2.24, 2.45) is 0 Å². The fourth-order valence-electron chi connectivity index (χ4n) is 1.28. The van der Waals surface area contributed by atoms with Gasteiger partial charge in [-0.3, -0.25) is 0 Å². The Morgan fingerprint density at radius 2 is 1.41 bits per heavy atom. The standard InChI is InChI=1S/C10H20O5Si.C4H6O2/c1-7-9(15-10(11)8(2)3)16(12-4,13-5)14-6;1-3(2)4(5)6/h9H,2,7H2,1,3-6H3;1H2,2H3,(H,5,6). The van der Waals surface area contributed by atoms with Crippen LogP contribution < -0.4 is 0 Å². The largest absolute Gasteiger partial charge is 0.543 e. The molecule has 0 rings (SSSR count). The number of hydrogen-bond donors (Lipinski definition) is 1. The van der Waals surface area contributed by atoms with E-state index < -0.39 is 26.5 Å². The van der Waals surface area contributed by atoms with Crippen molar-refractivity contribution in [1.82, 2.24) is 0 Å². The maximum absolute atomic E-state index is 11.4. The lowest BCUT2D eigenvalue weighted by Gasteiger charge is -2.31. The molecule has 0 aliphatic heterocycles. The maximum atomic E-state index is 11.4. The van der Waals surface area contributed by atoms with Gasteiger partial charge in [0.2, 0.25) is 0 Å². The van der Waals surface area contributed by atoms with Crippen LogP contribution >= 0.6 is 0 Å². The van der Waals surface area contributed by atoms with Gasteiger partial charge in [0.25, 0.3) is 0 Å². The lowest BCUT2D eigenvalue weighted by molar-refractivity contribution is -0.144. The van der Waals surface area contributed by atoms with Gasteiger partial charge in [-0.2, -0.15) is 0 Å². The van der Waals surface area contributed by atoms with Gasteiger partial charge in [0.1, 0.15) is 0 Å². The number of carbonyl (C=O) groups is 2. The van der Waals surface area contributed by atoms with Gasteiger partial charge in [-0.1, -0.05) is 20.1 Å². The first-order valence-corrected chi connectivity index (χ1v) is 8.32. The van der Waals surface area contributed by atoms with Crippen LogP contribution in [0, 0.1) is 0 Å². The summed E-state index contributed by atoms with van der Waals surface area (Å²) in [7, 11) is 1.51. The van der Waals surface area contributed by atoms with Crippen LogP contribution in [0.1, 0.15) is 27.2 Å². The number of carbonyl (C=O) groups excluding carboxylic acids is 1. The Morgan fingerprint density at radius 1 is 1.05 bits per heavy atom. The number of ether oxygens (including phenoxy) is 1. The molecule has 1 atom stereocenters. The molecule has 0 aromatic rings. The van der Waals surface area contributed by atoms with E-state index in [1.807, 2.05) is 6.92 Å². The van der Waals surface area contributed by atoms with Crippen molar-refractivity contribution in [2.75, 3.05) is 21.3 Å². The Bertz CT molecular complexity index is 382. The first-order valence-electron chi connectivity index (χ1n) is 6.52. The molecule has 1 unspecified atom stereocenters. The molecule has 7 nitrogen and oxygen atoms in total. The normalized spacial score (nSPS) is 11.7. The van der Waals surface area contributed by atoms with Crippen molar-refractivity contribution in [3.05, 3.63) is 24.3 Å². The van der Waals surface area contributed by atoms with Crippen molar-refractivity contribution in [1.29, 1.82) is 0 Å². The summed E-state index contributed by atoms with van der Waals surface area (Å²) in [5.74, 6) is -1.40. The fraction of sp³-hybridized carbons (Fsp3) is 0.571. The Morgan fingerprint density at radius 3 is 1.59 bits per heavy atom. The summed E-state index contributed by atoms with van der Waals surface area (Å²) in [6.07, 6.45) is 0.556. The van der Waals surface area contributed by atoms with E-state index in [9.17, 15) is 9.59 Å². The van der Waals surface area contributed by atoms with Crippen LogP contribution in [0.25, 0.3) is 0 Å². The minimum absolute atomic E-state index is 0.176. The van der Waals surface area contributed by atoms with Gasteiger partial charge in [-0.05, 0) is 20.3 Å². The summed E-state index contributed by atoms with van der Waals surface area (Å²) in [4.78, 5) is 21.0. The van der Waals surface area contributed by atoms with E-state index in [4.69, 9.17) is 23.1 Å². The molecule has 0 saturated carbocycles. The van der Waals surface area contributed by atoms with E-state index in [1.54, 1.807) is 6.92 Å². The van der Waals surface area contributed by atoms with Gasteiger partial charge in [0.05, 0.1) is 0 Å². The molecule has 0 radical (unpaired) electrons. The van der Waals surface area contributed by atoms with Crippen molar-refractivity contribution in [3.8, 4) is 0 Å². The first-order chi connectivity index (χ1) is 10.1. The smallest absolute Gasteiger partial charge is 0.478 e. The van der Waals surface area contributed by atoms with Crippen LogP contribution in [0.3, 0.4) is 0 Å². The lowest BCUT2D eigenvalue weighted by Crippen LogP contribution is -2.56. The minimum atomic E-state index is -2.94. The summed E-state index contributed by atoms with van der Waals surface area (Å²) >= 11 is 0. The Balaban J connectivity index is 0. The summed E-state index contributed by atoms with van der Waals surface area (Å²) in [5, 5.41) is 7.89. The molecular weight excluding hydrogens is 308 g/mol. The summed E-state index contributed by atoms with van der Waals surface area (Å²) in [5.41, 5.74) is -0.00337. The molecular formula is C14H26O7Si. The highest BCUT2D eigenvalue weighted by Crippen LogP contribution is 2.19. The fourth-order valence-corrected chi connectivity index (χ4v) is 3.32. The Kier molecular flexibility index (Phi) is 11.5. The second-order valence-corrected chi connectivity index (χ2v) is 7.46. The van der Waals surface area contributed by atoms with Gasteiger partial charge in [-0.25, -0.2) is 9.59 Å². The van der Waals surface area contributed by atoms with E-state index in [2.05, 4.69) is 13.2 Å². The minimum Gasteiger partial charge on any atom is -0.478 e. The Hall–Kier alpha value is -1.48. The molecule has 22 heavy (non-hydrogen) atoms. The van der Waals surface area contributed by atoms with Crippen LogP contribution in [0.2, 0.25) is 0 Å². The zero-order valence-corrected chi connectivity index (χ0v) is 15.1. The molecule has 0 aliphatic carbocycles. The third-order valence-corrected chi connectivity index (χ3v) is 5.60. The molecule has 0 aliphatic rings. The van der Waals surface area contributed by atoms with Gasteiger partial charge in [0, 0.05) is 32.5 Å². The monoisotopic (exact) mass is 334 g/mol. The van der Waals surface area contributed by atoms with Crippen LogP contribution in [0.15, 0.2) is 24.3 Å². The van der Waals surface area contributed by atoms with E-state index in [0.717, 1.165) is 0 Å². The molecule has 0 heterocycles. The number of hydrogen-bond acceptors (Lipinski definition) is 6. The van der Waals surface area contributed by atoms with Crippen LogP contribution in [0.4, 0.5) is 0 Å². The van der Waals surface area contributed by atoms with Gasteiger partial charge in [-0.15, -0.1) is 0 Å². The predicted molar refractivity (Wildman–Crippen MR) is 84.2 cm³/mol. The third-order valence-electron chi connectivity index (χ3n) is 2.58. The van der Waals surface area contributed by atoms with Crippen molar-refractivity contribution >= 4 is 20.7 Å². The number of carboxylic acids is 1. The highest BCUT2D eigenvalue weighted by atomic mass is 28.4. The average molecular weight is 334 g/mol. The average Bonchev–Trinajstić information content (AvgIpc) is 2.48. The molecule has 1 N–H and O–H groups in total. The lowest BCUT2D eigenvalue weighted by atomic mass is 10.4. The summed E-state index contributed by atoms with van der Waals surface area (Å²) < 4.78 is 21.0. The first kappa shape index (κ1) is 22.8. The van der Waals surface area contributed by atoms with Crippen molar-refractivity contribution in [2.45, 2.75) is 32.9 Å². The van der Waals surface area contributed by atoms with E-state index >= 15 is 0 Å². The zero-order chi connectivity index (χ0) is 17.9. The highest BCUT2D eigenvalue weighted by Gasteiger charge is 2.49. The molecule has 0 amide bonds. The quantitative estimate of drug-likeness (QED) is 0.412. The van der Waals surface area contributed by atoms with Crippen LogP contribution in [-0.4, -0.2) is 52.9 Å². The molecule has 0 spiro atoms.